The van der Waals surface area contributed by atoms with Crippen molar-refractivity contribution >= 4 is 16.7 Å². The third-order valence-electron chi connectivity index (χ3n) is 5.07. The number of methoxy groups -OCH3 is 1. The highest BCUT2D eigenvalue weighted by Crippen LogP contribution is 2.24. The zero-order chi connectivity index (χ0) is 18.8. The summed E-state index contributed by atoms with van der Waals surface area (Å²) in [5.74, 6) is 1.84. The maximum atomic E-state index is 5.46. The van der Waals surface area contributed by atoms with Crippen molar-refractivity contribution in [2.24, 2.45) is 0 Å². The summed E-state index contributed by atoms with van der Waals surface area (Å²) >= 11 is 0. The monoisotopic (exact) mass is 363 g/mol. The van der Waals surface area contributed by atoms with E-state index in [1.54, 1.807) is 7.11 Å². The normalized spacial score (nSPS) is 15.3. The Labute approximate surface area is 159 Å². The standard InChI is InChI=1S/C21H25N5O/c1-15-13-22-16(2)21(23-15)26-11-9-25(10-12-26)14-18-8-7-17-5-4-6-19(27-3)20(17)24-18/h4-8,13H,9-12,14H2,1-3H3. The lowest BCUT2D eigenvalue weighted by Gasteiger charge is -2.35. The molecule has 3 aromatic rings. The van der Waals surface area contributed by atoms with Crippen LogP contribution in [0.5, 0.6) is 5.75 Å². The Morgan fingerprint density at radius 2 is 1.81 bits per heavy atom. The minimum atomic E-state index is 0.827. The molecule has 1 aliphatic heterocycles. The number of aryl methyl sites for hydroxylation is 2. The number of hydrogen-bond acceptors (Lipinski definition) is 6. The zero-order valence-electron chi connectivity index (χ0n) is 16.1. The minimum Gasteiger partial charge on any atom is -0.494 e. The molecule has 27 heavy (non-hydrogen) atoms. The molecule has 0 aliphatic carbocycles. The van der Waals surface area contributed by atoms with Gasteiger partial charge in [0.25, 0.3) is 0 Å². The molecule has 6 nitrogen and oxygen atoms in total. The average Bonchev–Trinajstić information content (AvgIpc) is 2.70. The van der Waals surface area contributed by atoms with Crippen LogP contribution >= 0.6 is 0 Å². The van der Waals surface area contributed by atoms with Crippen molar-refractivity contribution in [1.82, 2.24) is 19.9 Å². The number of ether oxygens (including phenoxy) is 1. The van der Waals surface area contributed by atoms with Gasteiger partial charge in [0.1, 0.15) is 17.1 Å². The largest absolute Gasteiger partial charge is 0.494 e. The lowest BCUT2D eigenvalue weighted by Crippen LogP contribution is -2.46. The predicted octanol–water partition coefficient (Wildman–Crippen LogP) is 2.97. The molecule has 2 aromatic heterocycles. The first kappa shape index (κ1) is 17.7. The molecule has 0 radical (unpaired) electrons. The molecule has 1 fully saturated rings. The van der Waals surface area contributed by atoms with E-state index in [4.69, 9.17) is 9.72 Å². The predicted molar refractivity (Wildman–Crippen MR) is 107 cm³/mol. The second kappa shape index (κ2) is 7.48. The number of aromatic nitrogens is 3. The Balaban J connectivity index is 1.45. The summed E-state index contributed by atoms with van der Waals surface area (Å²) in [7, 11) is 1.69. The molecular formula is C21H25N5O. The minimum absolute atomic E-state index is 0.827. The first-order valence-electron chi connectivity index (χ1n) is 9.34. The van der Waals surface area contributed by atoms with Gasteiger partial charge in [-0.25, -0.2) is 9.97 Å². The van der Waals surface area contributed by atoms with Crippen LogP contribution in [0.4, 0.5) is 5.82 Å². The van der Waals surface area contributed by atoms with Crippen LogP contribution in [0.1, 0.15) is 17.1 Å². The van der Waals surface area contributed by atoms with Gasteiger partial charge in [0.15, 0.2) is 0 Å². The molecule has 0 atom stereocenters. The van der Waals surface area contributed by atoms with Gasteiger partial charge < -0.3 is 9.64 Å². The fraction of sp³-hybridized carbons (Fsp3) is 0.381. The highest BCUT2D eigenvalue weighted by molar-refractivity contribution is 5.84. The summed E-state index contributed by atoms with van der Waals surface area (Å²) in [5.41, 5.74) is 3.97. The Morgan fingerprint density at radius 1 is 1.00 bits per heavy atom. The van der Waals surface area contributed by atoms with Crippen LogP contribution in [-0.2, 0) is 6.54 Å². The summed E-state index contributed by atoms with van der Waals surface area (Å²) in [4.78, 5) is 18.7. The van der Waals surface area contributed by atoms with Crippen LogP contribution in [0.2, 0.25) is 0 Å². The first-order valence-corrected chi connectivity index (χ1v) is 9.34. The molecule has 0 saturated carbocycles. The van der Waals surface area contributed by atoms with Gasteiger partial charge in [-0.3, -0.25) is 9.88 Å². The van der Waals surface area contributed by atoms with E-state index in [0.29, 0.717) is 0 Å². The molecule has 4 rings (SSSR count). The number of rotatable bonds is 4. The maximum absolute atomic E-state index is 5.46. The SMILES string of the molecule is COc1cccc2ccc(CN3CCN(c4nc(C)cnc4C)CC3)nc12. The van der Waals surface area contributed by atoms with Crippen molar-refractivity contribution < 1.29 is 4.74 Å². The zero-order valence-corrected chi connectivity index (χ0v) is 16.1. The van der Waals surface area contributed by atoms with Crippen LogP contribution in [-0.4, -0.2) is 53.1 Å². The number of benzene rings is 1. The maximum Gasteiger partial charge on any atom is 0.150 e. The quantitative estimate of drug-likeness (QED) is 0.710. The summed E-state index contributed by atoms with van der Waals surface area (Å²) in [6, 6.07) is 10.3. The fourth-order valence-electron chi connectivity index (χ4n) is 3.58. The third-order valence-corrected chi connectivity index (χ3v) is 5.07. The number of piperazine rings is 1. The molecule has 0 bridgehead atoms. The van der Waals surface area contributed by atoms with E-state index >= 15 is 0 Å². The molecule has 6 heteroatoms. The Hall–Kier alpha value is -2.73. The highest BCUT2D eigenvalue weighted by Gasteiger charge is 2.20. The van der Waals surface area contributed by atoms with Crippen molar-refractivity contribution in [3.8, 4) is 5.75 Å². The van der Waals surface area contributed by atoms with E-state index < -0.39 is 0 Å². The Morgan fingerprint density at radius 3 is 2.59 bits per heavy atom. The van der Waals surface area contributed by atoms with Crippen LogP contribution in [0, 0.1) is 13.8 Å². The molecule has 0 unspecified atom stereocenters. The Kier molecular flexibility index (Phi) is 4.90. The van der Waals surface area contributed by atoms with Crippen molar-refractivity contribution in [3.05, 3.63) is 53.6 Å². The number of para-hydroxylation sites is 1. The molecule has 1 aromatic carbocycles. The van der Waals surface area contributed by atoms with Gasteiger partial charge in [-0.1, -0.05) is 18.2 Å². The van der Waals surface area contributed by atoms with E-state index in [9.17, 15) is 0 Å². The van der Waals surface area contributed by atoms with E-state index in [1.165, 1.54) is 0 Å². The van der Waals surface area contributed by atoms with Gasteiger partial charge in [0.05, 0.1) is 24.2 Å². The molecule has 140 valence electrons. The van der Waals surface area contributed by atoms with Gasteiger partial charge in [-0.15, -0.1) is 0 Å². The van der Waals surface area contributed by atoms with Gasteiger partial charge in [0, 0.05) is 44.3 Å². The van der Waals surface area contributed by atoms with E-state index in [0.717, 1.165) is 72.3 Å². The molecule has 1 saturated heterocycles. The van der Waals surface area contributed by atoms with E-state index in [-0.39, 0.29) is 0 Å². The lowest BCUT2D eigenvalue weighted by atomic mass is 10.2. The molecule has 3 heterocycles. The number of fused-ring (bicyclic) bond motifs is 1. The lowest BCUT2D eigenvalue weighted by molar-refractivity contribution is 0.246. The van der Waals surface area contributed by atoms with Crippen LogP contribution in [0.15, 0.2) is 36.5 Å². The molecule has 0 spiro atoms. The number of hydrogen-bond donors (Lipinski definition) is 0. The smallest absolute Gasteiger partial charge is 0.150 e. The number of nitrogens with zero attached hydrogens (tertiary/aromatic N) is 5. The molecule has 1 aliphatic rings. The molecular weight excluding hydrogens is 338 g/mol. The van der Waals surface area contributed by atoms with Gasteiger partial charge in [0.2, 0.25) is 0 Å². The second-order valence-corrected chi connectivity index (χ2v) is 7.02. The average molecular weight is 363 g/mol. The number of anilines is 1. The van der Waals surface area contributed by atoms with Gasteiger partial charge in [-0.2, -0.15) is 0 Å². The van der Waals surface area contributed by atoms with Crippen LogP contribution < -0.4 is 9.64 Å². The van der Waals surface area contributed by atoms with Crippen LogP contribution in [0.25, 0.3) is 10.9 Å². The van der Waals surface area contributed by atoms with Crippen molar-refractivity contribution in [2.45, 2.75) is 20.4 Å². The summed E-state index contributed by atoms with van der Waals surface area (Å²) < 4.78 is 5.46. The Bertz CT molecular complexity index is 950. The first-order chi connectivity index (χ1) is 13.1. The highest BCUT2D eigenvalue weighted by atomic mass is 16.5. The van der Waals surface area contributed by atoms with Crippen LogP contribution in [0.3, 0.4) is 0 Å². The summed E-state index contributed by atoms with van der Waals surface area (Å²) in [6.45, 7) is 8.75. The van der Waals surface area contributed by atoms with Gasteiger partial charge >= 0.3 is 0 Å². The van der Waals surface area contributed by atoms with Crippen molar-refractivity contribution in [1.29, 1.82) is 0 Å². The van der Waals surface area contributed by atoms with Crippen molar-refractivity contribution in [3.63, 3.8) is 0 Å². The molecule has 0 N–H and O–H groups in total. The van der Waals surface area contributed by atoms with E-state index in [1.807, 2.05) is 32.2 Å². The van der Waals surface area contributed by atoms with Crippen molar-refractivity contribution in [2.75, 3.05) is 38.2 Å². The van der Waals surface area contributed by atoms with Gasteiger partial charge in [-0.05, 0) is 26.0 Å². The number of pyridine rings is 1. The molecule has 0 amide bonds. The third kappa shape index (κ3) is 3.71. The summed E-state index contributed by atoms with van der Waals surface area (Å²) in [6.07, 6.45) is 1.83. The van der Waals surface area contributed by atoms with E-state index in [2.05, 4.69) is 38.0 Å². The fourth-order valence-corrected chi connectivity index (χ4v) is 3.58. The second-order valence-electron chi connectivity index (χ2n) is 7.02. The summed E-state index contributed by atoms with van der Waals surface area (Å²) in [5, 5.41) is 1.11. The topological polar surface area (TPSA) is 54.4 Å².